The van der Waals surface area contributed by atoms with Crippen molar-refractivity contribution in [3.63, 3.8) is 0 Å². The Morgan fingerprint density at radius 1 is 1.12 bits per heavy atom. The molecule has 1 heteroatoms. The van der Waals surface area contributed by atoms with E-state index in [-0.39, 0.29) is 5.78 Å². The molecule has 2 rings (SSSR count). The van der Waals surface area contributed by atoms with Crippen LogP contribution in [0, 0.1) is 0 Å². The van der Waals surface area contributed by atoms with Crippen LogP contribution < -0.4 is 0 Å². The molecule has 0 unspecified atom stereocenters. The first-order valence-corrected chi connectivity index (χ1v) is 5.19. The van der Waals surface area contributed by atoms with Crippen LogP contribution in [0.3, 0.4) is 0 Å². The molecule has 0 aromatic heterocycles. The van der Waals surface area contributed by atoms with Crippen LogP contribution in [0.1, 0.15) is 17.3 Å². The van der Waals surface area contributed by atoms with Crippen LogP contribution in [0.2, 0.25) is 0 Å². The van der Waals surface area contributed by atoms with Gasteiger partial charge in [0.2, 0.25) is 0 Å². The minimum absolute atomic E-state index is 0.0459. The molecule has 0 amide bonds. The minimum atomic E-state index is 0.0459. The lowest BCUT2D eigenvalue weighted by Gasteiger charge is -2.00. The molecular weight excluding hydrogens is 196 g/mol. The molecule has 78 valence electrons. The van der Waals surface area contributed by atoms with E-state index in [1.807, 2.05) is 49.4 Å². The lowest BCUT2D eigenvalue weighted by molar-refractivity contribution is 0.103. The normalized spacial score (nSPS) is 14.1. The van der Waals surface area contributed by atoms with Gasteiger partial charge in [0.05, 0.1) is 0 Å². The summed E-state index contributed by atoms with van der Waals surface area (Å²) in [6.07, 6.45) is 7.31. The molecule has 1 nitrogen and oxygen atoms in total. The largest absolute Gasteiger partial charge is 0.289 e. The molecular formula is C15H12O. The van der Waals surface area contributed by atoms with Crippen molar-refractivity contribution in [3.05, 3.63) is 77.1 Å². The minimum Gasteiger partial charge on any atom is -0.289 e. The van der Waals surface area contributed by atoms with Crippen molar-refractivity contribution in [2.24, 2.45) is 0 Å². The smallest absolute Gasteiger partial charge is 0.193 e. The molecule has 0 atom stereocenters. The first kappa shape index (κ1) is 10.4. The van der Waals surface area contributed by atoms with E-state index < -0.39 is 0 Å². The Kier molecular flexibility index (Phi) is 3.00. The summed E-state index contributed by atoms with van der Waals surface area (Å²) in [6.45, 7) is 1.96. The second kappa shape index (κ2) is 4.61. The Balaban J connectivity index is 2.29. The molecule has 1 aromatic rings. The van der Waals surface area contributed by atoms with Crippen molar-refractivity contribution in [1.82, 2.24) is 0 Å². The highest BCUT2D eigenvalue weighted by molar-refractivity contribution is 6.10. The number of carbonyl (C=O) groups excluding carboxylic acids is 1. The molecule has 0 bridgehead atoms. The summed E-state index contributed by atoms with van der Waals surface area (Å²) >= 11 is 0. The van der Waals surface area contributed by atoms with Gasteiger partial charge in [-0.1, -0.05) is 42.5 Å². The van der Waals surface area contributed by atoms with Gasteiger partial charge >= 0.3 is 0 Å². The average molecular weight is 208 g/mol. The zero-order chi connectivity index (χ0) is 11.4. The van der Waals surface area contributed by atoms with E-state index >= 15 is 0 Å². The van der Waals surface area contributed by atoms with Gasteiger partial charge in [-0.25, -0.2) is 0 Å². The van der Waals surface area contributed by atoms with Crippen molar-refractivity contribution >= 4 is 5.78 Å². The number of allylic oxidation sites excluding steroid dienone is 5. The summed E-state index contributed by atoms with van der Waals surface area (Å²) in [5.41, 5.74) is 5.48. The van der Waals surface area contributed by atoms with Gasteiger partial charge in [0, 0.05) is 11.1 Å². The van der Waals surface area contributed by atoms with Gasteiger partial charge in [-0.15, -0.1) is 5.73 Å². The molecule has 0 heterocycles. The zero-order valence-corrected chi connectivity index (χ0v) is 9.10. The average Bonchev–Trinajstić information content (AvgIpc) is 2.54. The fourth-order valence-electron chi connectivity index (χ4n) is 1.49. The monoisotopic (exact) mass is 208 g/mol. The molecule has 1 aromatic carbocycles. The van der Waals surface area contributed by atoms with Gasteiger partial charge in [0.1, 0.15) is 0 Å². The first-order valence-electron chi connectivity index (χ1n) is 5.19. The Morgan fingerprint density at radius 2 is 1.88 bits per heavy atom. The summed E-state index contributed by atoms with van der Waals surface area (Å²) in [5.74, 6) is 0.0459. The van der Waals surface area contributed by atoms with Gasteiger partial charge in [-0.2, -0.15) is 0 Å². The molecule has 1 aliphatic carbocycles. The molecule has 0 N–H and O–H groups in total. The molecule has 1 aliphatic rings. The van der Waals surface area contributed by atoms with Crippen LogP contribution in [0.5, 0.6) is 0 Å². The van der Waals surface area contributed by atoms with Crippen LogP contribution in [0.15, 0.2) is 71.5 Å². The second-order valence-corrected chi connectivity index (χ2v) is 3.64. The lowest BCUT2D eigenvalue weighted by atomic mass is 10.0. The van der Waals surface area contributed by atoms with Crippen molar-refractivity contribution in [2.75, 3.05) is 0 Å². The van der Waals surface area contributed by atoms with Crippen molar-refractivity contribution in [3.8, 4) is 0 Å². The molecule has 0 saturated heterocycles. The first-order chi connectivity index (χ1) is 7.77. The van der Waals surface area contributed by atoms with Gasteiger partial charge in [-0.3, -0.25) is 4.79 Å². The van der Waals surface area contributed by atoms with Crippen molar-refractivity contribution in [2.45, 2.75) is 6.92 Å². The number of benzene rings is 1. The summed E-state index contributed by atoms with van der Waals surface area (Å²) in [7, 11) is 0. The third kappa shape index (κ3) is 2.28. The predicted molar refractivity (Wildman–Crippen MR) is 65.3 cm³/mol. The van der Waals surface area contributed by atoms with Crippen LogP contribution in [0.4, 0.5) is 0 Å². The third-order valence-corrected chi connectivity index (χ3v) is 2.38. The quantitative estimate of drug-likeness (QED) is 0.537. The number of hydrogen-bond donors (Lipinski definition) is 0. The maximum Gasteiger partial charge on any atom is 0.193 e. The van der Waals surface area contributed by atoms with Crippen LogP contribution in [0.25, 0.3) is 0 Å². The topological polar surface area (TPSA) is 17.1 Å². The predicted octanol–water partition coefficient (Wildman–Crippen LogP) is 3.47. The molecule has 0 spiro atoms. The highest BCUT2D eigenvalue weighted by Crippen LogP contribution is 2.12. The summed E-state index contributed by atoms with van der Waals surface area (Å²) in [5, 5.41) is 0. The fourth-order valence-corrected chi connectivity index (χ4v) is 1.49. The van der Waals surface area contributed by atoms with Gasteiger partial charge in [0.25, 0.3) is 0 Å². The maximum absolute atomic E-state index is 12.1. The number of hydrogen-bond acceptors (Lipinski definition) is 1. The van der Waals surface area contributed by atoms with E-state index in [9.17, 15) is 4.79 Å². The number of carbonyl (C=O) groups is 1. The molecule has 0 aliphatic heterocycles. The second-order valence-electron chi connectivity index (χ2n) is 3.64. The van der Waals surface area contributed by atoms with Gasteiger partial charge in [-0.05, 0) is 24.6 Å². The maximum atomic E-state index is 12.1. The number of rotatable bonds is 2. The summed E-state index contributed by atoms with van der Waals surface area (Å²) < 4.78 is 0. The third-order valence-electron chi connectivity index (χ3n) is 2.38. The molecule has 16 heavy (non-hydrogen) atoms. The summed E-state index contributed by atoms with van der Waals surface area (Å²) in [4.78, 5) is 12.1. The Labute approximate surface area is 95.1 Å². The van der Waals surface area contributed by atoms with E-state index in [4.69, 9.17) is 0 Å². The lowest BCUT2D eigenvalue weighted by Crippen LogP contribution is -2.00. The Bertz CT molecular complexity index is 524. The van der Waals surface area contributed by atoms with Crippen molar-refractivity contribution in [1.29, 1.82) is 0 Å². The Hall–Kier alpha value is -2.11. The highest BCUT2D eigenvalue weighted by atomic mass is 16.1. The fraction of sp³-hybridized carbons (Fsp3) is 0.0667. The Morgan fingerprint density at radius 3 is 2.62 bits per heavy atom. The highest BCUT2D eigenvalue weighted by Gasteiger charge is 2.08. The zero-order valence-electron chi connectivity index (χ0n) is 9.10. The van der Waals surface area contributed by atoms with E-state index in [0.29, 0.717) is 11.1 Å². The van der Waals surface area contributed by atoms with E-state index in [1.165, 1.54) is 0 Å². The standard InChI is InChI=1S/C15H12O/c1-12-6-5-9-14(11-10-12)15(16)13-7-3-2-4-8-13/h2-5,7-11H,1H3. The van der Waals surface area contributed by atoms with Crippen LogP contribution in [-0.4, -0.2) is 5.78 Å². The van der Waals surface area contributed by atoms with Crippen molar-refractivity contribution < 1.29 is 4.79 Å². The van der Waals surface area contributed by atoms with E-state index in [0.717, 1.165) is 5.57 Å². The van der Waals surface area contributed by atoms with Gasteiger partial charge < -0.3 is 0 Å². The number of ketones is 1. The molecule has 0 fully saturated rings. The van der Waals surface area contributed by atoms with Crippen LogP contribution >= 0.6 is 0 Å². The number of Topliss-reactive ketones (excluding diaryl/α,β-unsaturated/α-hetero) is 1. The van der Waals surface area contributed by atoms with E-state index in [1.54, 1.807) is 12.2 Å². The summed E-state index contributed by atoms with van der Waals surface area (Å²) in [6, 6.07) is 9.29. The SMILES string of the molecule is CC1=C=CC=C(C(=O)c2ccccc2)C=C1. The molecule has 0 saturated carbocycles. The van der Waals surface area contributed by atoms with Gasteiger partial charge in [0.15, 0.2) is 5.78 Å². The van der Waals surface area contributed by atoms with E-state index in [2.05, 4.69) is 5.73 Å². The molecule has 0 radical (unpaired) electrons. The van der Waals surface area contributed by atoms with Crippen LogP contribution in [-0.2, 0) is 0 Å².